The van der Waals surface area contributed by atoms with Gasteiger partial charge in [0.2, 0.25) is 0 Å². The molecule has 2 aromatic carbocycles. The van der Waals surface area contributed by atoms with Gasteiger partial charge in [-0.3, -0.25) is 14.3 Å². The highest BCUT2D eigenvalue weighted by Gasteiger charge is 2.25. The van der Waals surface area contributed by atoms with Crippen LogP contribution in [0, 0.1) is 0 Å². The van der Waals surface area contributed by atoms with E-state index in [9.17, 15) is 4.79 Å². The summed E-state index contributed by atoms with van der Waals surface area (Å²) in [5, 5.41) is 3.32. The van der Waals surface area contributed by atoms with E-state index in [1.54, 1.807) is 0 Å². The topological polar surface area (TPSA) is 64.2 Å². The predicted molar refractivity (Wildman–Crippen MR) is 148 cm³/mol. The van der Waals surface area contributed by atoms with Gasteiger partial charge in [0, 0.05) is 24.7 Å². The second kappa shape index (κ2) is 13.2. The van der Waals surface area contributed by atoms with Gasteiger partial charge < -0.3 is 5.73 Å². The molecule has 0 aliphatic carbocycles. The number of nitrogens with zero attached hydrogens (tertiary/aromatic N) is 3. The van der Waals surface area contributed by atoms with E-state index in [-0.39, 0.29) is 36.4 Å². The van der Waals surface area contributed by atoms with Crippen molar-refractivity contribution in [2.75, 3.05) is 13.1 Å². The van der Waals surface area contributed by atoms with E-state index in [1.807, 2.05) is 70.6 Å². The molecule has 4 rings (SSSR count). The molecule has 182 valence electrons. The highest BCUT2D eigenvalue weighted by atomic mass is 35.5. The van der Waals surface area contributed by atoms with Crippen molar-refractivity contribution in [3.8, 4) is 0 Å². The first-order valence-corrected chi connectivity index (χ1v) is 12.1. The number of nitrogens with two attached hydrogens (primary N) is 1. The minimum atomic E-state index is -0.0443. The smallest absolute Gasteiger partial charge is 0.262 e. The lowest BCUT2D eigenvalue weighted by Crippen LogP contribution is -2.37. The monoisotopic (exact) mass is 538 g/mol. The molecular formula is C25H29Cl3N4OS. The van der Waals surface area contributed by atoms with E-state index >= 15 is 0 Å². The molecule has 2 aromatic heterocycles. The fourth-order valence-corrected chi connectivity index (χ4v) is 4.96. The zero-order chi connectivity index (χ0) is 22.5. The Bertz CT molecular complexity index is 1230. The summed E-state index contributed by atoms with van der Waals surface area (Å²) in [7, 11) is 0. The number of halogens is 3. The van der Waals surface area contributed by atoms with E-state index in [0.29, 0.717) is 36.6 Å². The van der Waals surface area contributed by atoms with Crippen LogP contribution in [0.25, 0.3) is 10.2 Å². The van der Waals surface area contributed by atoms with Crippen LogP contribution in [-0.2, 0) is 13.1 Å². The van der Waals surface area contributed by atoms with Gasteiger partial charge in [0.15, 0.2) is 0 Å². The highest BCUT2D eigenvalue weighted by Crippen LogP contribution is 2.27. The van der Waals surface area contributed by atoms with Crippen LogP contribution < -0.4 is 11.3 Å². The van der Waals surface area contributed by atoms with Crippen molar-refractivity contribution in [2.45, 2.75) is 32.5 Å². The highest BCUT2D eigenvalue weighted by molar-refractivity contribution is 7.16. The number of hydrogen-bond acceptors (Lipinski definition) is 5. The number of hydrogen-bond donors (Lipinski definition) is 1. The zero-order valence-electron chi connectivity index (χ0n) is 18.9. The Hall–Kier alpha value is -1.93. The molecule has 34 heavy (non-hydrogen) atoms. The first kappa shape index (κ1) is 28.3. The Kier molecular flexibility index (Phi) is 11.0. The van der Waals surface area contributed by atoms with Crippen LogP contribution in [0.2, 0.25) is 5.02 Å². The summed E-state index contributed by atoms with van der Waals surface area (Å²) in [6.45, 7) is 4.55. The Morgan fingerprint density at radius 2 is 1.76 bits per heavy atom. The lowest BCUT2D eigenvalue weighted by atomic mass is 10.1. The minimum Gasteiger partial charge on any atom is -0.329 e. The van der Waals surface area contributed by atoms with E-state index in [4.69, 9.17) is 22.3 Å². The van der Waals surface area contributed by atoms with Crippen molar-refractivity contribution in [3.05, 3.63) is 98.4 Å². The third kappa shape index (κ3) is 6.39. The normalized spacial score (nSPS) is 11.8. The molecule has 4 aromatic rings. The molecule has 1 atom stereocenters. The predicted octanol–water partition coefficient (Wildman–Crippen LogP) is 5.92. The molecule has 0 aliphatic rings. The summed E-state index contributed by atoms with van der Waals surface area (Å²) in [5.74, 6) is 0.790. The van der Waals surface area contributed by atoms with Gasteiger partial charge in [-0.25, -0.2) is 4.98 Å². The largest absolute Gasteiger partial charge is 0.329 e. The Balaban J connectivity index is 0.00000204. The van der Waals surface area contributed by atoms with Crippen molar-refractivity contribution in [1.29, 1.82) is 0 Å². The van der Waals surface area contributed by atoms with Gasteiger partial charge in [-0.1, -0.05) is 61.0 Å². The number of rotatable bonds is 9. The van der Waals surface area contributed by atoms with E-state index in [2.05, 4.69) is 11.8 Å². The lowest BCUT2D eigenvalue weighted by Gasteiger charge is -2.32. The van der Waals surface area contributed by atoms with Crippen molar-refractivity contribution >= 4 is 58.0 Å². The van der Waals surface area contributed by atoms with Crippen LogP contribution in [0.5, 0.6) is 0 Å². The number of thiophene rings is 1. The van der Waals surface area contributed by atoms with Crippen molar-refractivity contribution in [1.82, 2.24) is 14.5 Å². The van der Waals surface area contributed by atoms with Gasteiger partial charge in [0.25, 0.3) is 5.56 Å². The van der Waals surface area contributed by atoms with Gasteiger partial charge in [-0.05, 0) is 41.1 Å². The maximum atomic E-state index is 13.5. The summed E-state index contributed by atoms with van der Waals surface area (Å²) in [6.07, 6.45) is 0.811. The maximum absolute atomic E-state index is 13.5. The van der Waals surface area contributed by atoms with Crippen LogP contribution >= 0.6 is 47.8 Å². The zero-order valence-corrected chi connectivity index (χ0v) is 22.1. The van der Waals surface area contributed by atoms with E-state index in [0.717, 1.165) is 28.2 Å². The molecule has 0 amide bonds. The maximum Gasteiger partial charge on any atom is 0.262 e. The third-order valence-electron chi connectivity index (χ3n) is 5.64. The molecular weight excluding hydrogens is 511 g/mol. The number of fused-ring (bicyclic) bond motifs is 1. The summed E-state index contributed by atoms with van der Waals surface area (Å²) in [5.41, 5.74) is 8.22. The summed E-state index contributed by atoms with van der Waals surface area (Å²) < 4.78 is 1.84. The first-order chi connectivity index (χ1) is 15.6. The van der Waals surface area contributed by atoms with Crippen molar-refractivity contribution in [3.63, 3.8) is 0 Å². The van der Waals surface area contributed by atoms with Crippen molar-refractivity contribution < 1.29 is 0 Å². The van der Waals surface area contributed by atoms with Crippen LogP contribution in [0.4, 0.5) is 0 Å². The first-order valence-electron chi connectivity index (χ1n) is 10.8. The second-order valence-electron chi connectivity index (χ2n) is 7.80. The second-order valence-corrected chi connectivity index (χ2v) is 9.13. The molecule has 2 heterocycles. The fourth-order valence-electron chi connectivity index (χ4n) is 4.08. The third-order valence-corrected chi connectivity index (χ3v) is 6.70. The van der Waals surface area contributed by atoms with Gasteiger partial charge in [0.05, 0.1) is 18.0 Å². The van der Waals surface area contributed by atoms with Crippen LogP contribution in [0.3, 0.4) is 0 Å². The molecule has 0 saturated carbocycles. The molecule has 0 aliphatic heterocycles. The fraction of sp³-hybridized carbons (Fsp3) is 0.280. The standard InChI is InChI=1S/C25H27ClN4OS.2ClH/c1-2-22(29(14-13-27)16-19-8-10-20(26)11-9-19)23-28-24-21(12-15-32-24)25(31)30(23)17-18-6-4-3-5-7-18;;/h3-12,15,22H,2,13-14,16-17,27H2,1H3;2*1H. The summed E-state index contributed by atoms with van der Waals surface area (Å²) >= 11 is 7.58. The molecule has 0 radical (unpaired) electrons. The van der Waals surface area contributed by atoms with E-state index < -0.39 is 0 Å². The molecule has 5 nitrogen and oxygen atoms in total. The Labute approximate surface area is 221 Å². The molecule has 0 bridgehead atoms. The summed E-state index contributed by atoms with van der Waals surface area (Å²) in [4.78, 5) is 21.6. The average Bonchev–Trinajstić information content (AvgIpc) is 3.28. The Morgan fingerprint density at radius 1 is 1.06 bits per heavy atom. The average molecular weight is 540 g/mol. The lowest BCUT2D eigenvalue weighted by molar-refractivity contribution is 0.176. The van der Waals surface area contributed by atoms with Gasteiger partial charge in [-0.2, -0.15) is 0 Å². The quantitative estimate of drug-likeness (QED) is 0.287. The van der Waals surface area contributed by atoms with Gasteiger partial charge in [-0.15, -0.1) is 36.2 Å². The van der Waals surface area contributed by atoms with E-state index in [1.165, 1.54) is 11.3 Å². The van der Waals surface area contributed by atoms with Gasteiger partial charge >= 0.3 is 0 Å². The Morgan fingerprint density at radius 3 is 2.41 bits per heavy atom. The molecule has 0 spiro atoms. The van der Waals surface area contributed by atoms with Crippen LogP contribution in [0.15, 0.2) is 70.8 Å². The van der Waals surface area contributed by atoms with Crippen molar-refractivity contribution in [2.24, 2.45) is 5.73 Å². The summed E-state index contributed by atoms with van der Waals surface area (Å²) in [6, 6.07) is 19.8. The molecule has 9 heteroatoms. The SMILES string of the molecule is CCC(c1nc2sccc2c(=O)n1Cc1ccccc1)N(CCN)Cc1ccc(Cl)cc1.Cl.Cl. The molecule has 2 N–H and O–H groups in total. The number of benzene rings is 2. The molecule has 0 saturated heterocycles. The van der Waals surface area contributed by atoms with Crippen LogP contribution in [0.1, 0.15) is 36.3 Å². The molecule has 1 unspecified atom stereocenters. The minimum absolute atomic E-state index is 0. The van der Waals surface area contributed by atoms with Gasteiger partial charge in [0.1, 0.15) is 10.7 Å². The number of aromatic nitrogens is 2. The van der Waals surface area contributed by atoms with Crippen LogP contribution in [-0.4, -0.2) is 27.5 Å². The molecule has 0 fully saturated rings.